The van der Waals surface area contributed by atoms with Crippen molar-refractivity contribution in [3.05, 3.63) is 48.6 Å². The molecule has 1 aromatic rings. The van der Waals surface area contributed by atoms with Crippen molar-refractivity contribution in [2.45, 2.75) is 6.42 Å². The number of allylic oxidation sites excluding steroid dienone is 1. The highest BCUT2D eigenvalue weighted by molar-refractivity contribution is 5.16. The summed E-state index contributed by atoms with van der Waals surface area (Å²) in [5, 5.41) is 0. The van der Waals surface area contributed by atoms with Crippen molar-refractivity contribution in [1.29, 1.82) is 0 Å². The van der Waals surface area contributed by atoms with Gasteiger partial charge in [-0.05, 0) is 12.0 Å². The van der Waals surface area contributed by atoms with E-state index in [1.807, 2.05) is 24.3 Å². The third-order valence-corrected chi connectivity index (χ3v) is 1.22. The van der Waals surface area contributed by atoms with Crippen LogP contribution in [0.4, 0.5) is 0 Å². The molecule has 1 aromatic carbocycles. The maximum absolute atomic E-state index is 3.66. The van der Waals surface area contributed by atoms with E-state index in [2.05, 4.69) is 18.7 Å². The second kappa shape index (κ2) is 3.08. The minimum absolute atomic E-state index is 0. The van der Waals surface area contributed by atoms with Crippen molar-refractivity contribution in [2.75, 3.05) is 0 Å². The quantitative estimate of drug-likeness (QED) is 0.526. The summed E-state index contributed by atoms with van der Waals surface area (Å²) in [6.45, 7) is 3.66. The van der Waals surface area contributed by atoms with Crippen molar-refractivity contribution >= 4 is 0 Å². The molecule has 0 spiro atoms. The van der Waals surface area contributed by atoms with Gasteiger partial charge in [0.1, 0.15) is 0 Å². The van der Waals surface area contributed by atoms with Gasteiger partial charge in [0, 0.05) is 1.43 Å². The molecule has 0 heteroatoms. The van der Waals surface area contributed by atoms with Gasteiger partial charge in [0.15, 0.2) is 0 Å². The van der Waals surface area contributed by atoms with Crippen LogP contribution in [-0.4, -0.2) is 0 Å². The van der Waals surface area contributed by atoms with Crippen LogP contribution in [0.1, 0.15) is 6.99 Å². The molecule has 0 radical (unpaired) electrons. The van der Waals surface area contributed by atoms with Gasteiger partial charge in [0.25, 0.3) is 0 Å². The Kier molecular flexibility index (Phi) is 2.08. The molecule has 48 valence electrons. The zero-order chi connectivity index (χ0) is 6.53. The van der Waals surface area contributed by atoms with Crippen LogP contribution < -0.4 is 0 Å². The molecule has 0 unspecified atom stereocenters. The molecule has 0 aliphatic carbocycles. The zero-order valence-electron chi connectivity index (χ0n) is 5.38. The highest BCUT2D eigenvalue weighted by atomic mass is 13.9. The summed E-state index contributed by atoms with van der Waals surface area (Å²) in [6.07, 6.45) is 2.89. The lowest BCUT2D eigenvalue weighted by Gasteiger charge is -1.91. The lowest BCUT2D eigenvalue weighted by atomic mass is 10.2. The minimum Gasteiger partial charge on any atom is -0.103 e. The van der Waals surface area contributed by atoms with E-state index in [1.165, 1.54) is 5.56 Å². The molecule has 0 atom stereocenters. The molecule has 0 bridgehead atoms. The summed E-state index contributed by atoms with van der Waals surface area (Å²) in [6, 6.07) is 10.3. The lowest BCUT2D eigenvalue weighted by molar-refractivity contribution is 1.28. The average Bonchev–Trinajstić information content (AvgIpc) is 1.91. The predicted molar refractivity (Wildman–Crippen MR) is 42.5 cm³/mol. The van der Waals surface area contributed by atoms with Crippen LogP contribution in [0.2, 0.25) is 0 Å². The number of rotatable bonds is 2. The fourth-order valence-electron chi connectivity index (χ4n) is 0.781. The Bertz CT molecular complexity index is 179. The number of hydrogen-bond acceptors (Lipinski definition) is 0. The number of hydrogen-bond donors (Lipinski definition) is 0. The Labute approximate surface area is 57.3 Å². The zero-order valence-corrected chi connectivity index (χ0v) is 5.38. The van der Waals surface area contributed by atoms with Gasteiger partial charge in [-0.2, -0.15) is 0 Å². The monoisotopic (exact) mass is 120 g/mol. The van der Waals surface area contributed by atoms with Gasteiger partial charge in [-0.15, -0.1) is 6.58 Å². The van der Waals surface area contributed by atoms with Crippen molar-refractivity contribution < 1.29 is 1.43 Å². The van der Waals surface area contributed by atoms with Crippen molar-refractivity contribution in [1.82, 2.24) is 0 Å². The van der Waals surface area contributed by atoms with E-state index in [-0.39, 0.29) is 1.43 Å². The molecule has 0 saturated heterocycles. The summed E-state index contributed by atoms with van der Waals surface area (Å²) >= 11 is 0. The first-order chi connectivity index (χ1) is 4.43. The van der Waals surface area contributed by atoms with E-state index in [9.17, 15) is 0 Å². The van der Waals surface area contributed by atoms with E-state index in [0.717, 1.165) is 6.42 Å². The van der Waals surface area contributed by atoms with E-state index < -0.39 is 0 Å². The topological polar surface area (TPSA) is 0 Å². The molecule has 0 fully saturated rings. The van der Waals surface area contributed by atoms with Gasteiger partial charge in [-0.3, -0.25) is 0 Å². The van der Waals surface area contributed by atoms with Crippen LogP contribution in [0, 0.1) is 0 Å². The van der Waals surface area contributed by atoms with Crippen molar-refractivity contribution in [3.8, 4) is 0 Å². The minimum atomic E-state index is 0. The first-order valence-corrected chi connectivity index (χ1v) is 3.08. The number of benzene rings is 1. The molecule has 1 rings (SSSR count). The summed E-state index contributed by atoms with van der Waals surface area (Å²) < 4.78 is 0. The second-order valence-electron chi connectivity index (χ2n) is 1.98. The Morgan fingerprint density at radius 3 is 2.56 bits per heavy atom. The summed E-state index contributed by atoms with van der Waals surface area (Å²) in [5.41, 5.74) is 1.33. The van der Waals surface area contributed by atoms with Crippen molar-refractivity contribution in [3.63, 3.8) is 0 Å². The molecule has 0 nitrogen and oxygen atoms in total. The molecule has 0 N–H and O–H groups in total. The predicted octanol–water partition coefficient (Wildman–Crippen LogP) is 2.66. The SMILES string of the molecule is C=CCc1ccccc1.[HH]. The molecule has 0 aliphatic rings. The molecular weight excluding hydrogens is 108 g/mol. The largest absolute Gasteiger partial charge is 0.103 e. The third kappa shape index (κ3) is 1.73. The highest BCUT2D eigenvalue weighted by Gasteiger charge is 1.82. The molecule has 9 heavy (non-hydrogen) atoms. The standard InChI is InChI=1S/C9H10.H2/c1-2-6-9-7-4-3-5-8-9;/h2-5,7-8H,1,6H2;1H. The fourth-order valence-corrected chi connectivity index (χ4v) is 0.781. The summed E-state index contributed by atoms with van der Waals surface area (Å²) in [4.78, 5) is 0. The molecule has 0 aliphatic heterocycles. The third-order valence-electron chi connectivity index (χ3n) is 1.22. The smallest absolute Gasteiger partial charge is 0 e. The lowest BCUT2D eigenvalue weighted by Crippen LogP contribution is -1.75. The van der Waals surface area contributed by atoms with E-state index >= 15 is 0 Å². The highest BCUT2D eigenvalue weighted by Crippen LogP contribution is 1.98. The van der Waals surface area contributed by atoms with Crippen LogP contribution in [0.5, 0.6) is 0 Å². The van der Waals surface area contributed by atoms with E-state index in [4.69, 9.17) is 0 Å². The molecule has 0 saturated carbocycles. The average molecular weight is 120 g/mol. The van der Waals surface area contributed by atoms with Crippen LogP contribution in [0.3, 0.4) is 0 Å². The summed E-state index contributed by atoms with van der Waals surface area (Å²) in [5.74, 6) is 0. The molecule has 0 heterocycles. The van der Waals surface area contributed by atoms with E-state index in [0.29, 0.717) is 0 Å². The maximum atomic E-state index is 3.66. The second-order valence-corrected chi connectivity index (χ2v) is 1.98. The maximum Gasteiger partial charge on any atom is 0 e. The van der Waals surface area contributed by atoms with Gasteiger partial charge in [0.2, 0.25) is 0 Å². The molecule has 0 amide bonds. The fraction of sp³-hybridized carbons (Fsp3) is 0.111. The normalized spacial score (nSPS) is 8.89. The van der Waals surface area contributed by atoms with Gasteiger partial charge >= 0.3 is 0 Å². The Balaban J connectivity index is 0.000000810. The van der Waals surface area contributed by atoms with Gasteiger partial charge in [-0.1, -0.05) is 36.4 Å². The van der Waals surface area contributed by atoms with Crippen LogP contribution in [0.25, 0.3) is 0 Å². The first kappa shape index (κ1) is 6.09. The van der Waals surface area contributed by atoms with Gasteiger partial charge in [0.05, 0.1) is 0 Å². The molecular formula is C9H12. The Hall–Kier alpha value is -1.04. The Morgan fingerprint density at radius 1 is 1.33 bits per heavy atom. The Morgan fingerprint density at radius 2 is 2.00 bits per heavy atom. The summed E-state index contributed by atoms with van der Waals surface area (Å²) in [7, 11) is 0. The van der Waals surface area contributed by atoms with Gasteiger partial charge in [-0.25, -0.2) is 0 Å². The van der Waals surface area contributed by atoms with Gasteiger partial charge < -0.3 is 0 Å². The van der Waals surface area contributed by atoms with E-state index in [1.54, 1.807) is 0 Å². The van der Waals surface area contributed by atoms with Crippen LogP contribution in [-0.2, 0) is 6.42 Å². The molecule has 0 aromatic heterocycles. The van der Waals surface area contributed by atoms with Crippen LogP contribution in [0.15, 0.2) is 43.0 Å². The first-order valence-electron chi connectivity index (χ1n) is 3.08. The van der Waals surface area contributed by atoms with Crippen LogP contribution >= 0.6 is 0 Å². The van der Waals surface area contributed by atoms with Crippen molar-refractivity contribution in [2.24, 2.45) is 0 Å².